The van der Waals surface area contributed by atoms with Gasteiger partial charge in [-0.15, -0.1) is 0 Å². The number of amides is 1. The SMILES string of the molecule is CCCCCCCCCCCCCCC(C)C(=O)NCCNCc1ccc(CC[Si](OC)(OC)OC)cc1. The fraction of sp³-hybridized carbons (Fsp3) is 0.774. The minimum atomic E-state index is -2.53. The van der Waals surface area contributed by atoms with Gasteiger partial charge in [0.15, 0.2) is 0 Å². The van der Waals surface area contributed by atoms with Crippen molar-refractivity contribution in [1.29, 1.82) is 0 Å². The number of carbonyl (C=O) groups is 1. The van der Waals surface area contributed by atoms with E-state index in [0.717, 1.165) is 38.4 Å². The maximum absolute atomic E-state index is 12.4. The molecule has 0 aromatic heterocycles. The van der Waals surface area contributed by atoms with Crippen LogP contribution in [0.4, 0.5) is 0 Å². The molecule has 7 heteroatoms. The molecule has 1 amide bonds. The fourth-order valence-electron chi connectivity index (χ4n) is 4.78. The number of benzene rings is 1. The van der Waals surface area contributed by atoms with Crippen LogP contribution in [0, 0.1) is 5.92 Å². The standard InChI is InChI=1S/C31H58N2O4Si/c1-6-7-8-9-10-11-12-13-14-15-16-17-18-28(2)31(34)33-25-24-32-27-30-21-19-29(20-22-30)23-26-38(35-3,36-4)37-5/h19-22,28,32H,6-18,23-27H2,1-5H3,(H,33,34). The van der Waals surface area contributed by atoms with Crippen molar-refractivity contribution in [2.75, 3.05) is 34.4 Å². The second-order valence-electron chi connectivity index (χ2n) is 10.7. The third-order valence-corrected chi connectivity index (χ3v) is 10.3. The minimum Gasteiger partial charge on any atom is -0.377 e. The Morgan fingerprint density at radius 1 is 0.763 bits per heavy atom. The van der Waals surface area contributed by atoms with E-state index in [1.54, 1.807) is 21.3 Å². The molecule has 0 saturated heterocycles. The molecule has 1 aromatic rings. The first-order valence-corrected chi connectivity index (χ1v) is 17.1. The second kappa shape index (κ2) is 22.6. The summed E-state index contributed by atoms with van der Waals surface area (Å²) in [5, 5.41) is 6.51. The Morgan fingerprint density at radius 2 is 1.26 bits per heavy atom. The molecule has 1 unspecified atom stereocenters. The van der Waals surface area contributed by atoms with Crippen LogP contribution in [-0.2, 0) is 31.0 Å². The van der Waals surface area contributed by atoms with Crippen LogP contribution in [0.5, 0.6) is 0 Å². The molecular weight excluding hydrogens is 492 g/mol. The monoisotopic (exact) mass is 550 g/mol. The van der Waals surface area contributed by atoms with Crippen LogP contribution in [0.25, 0.3) is 0 Å². The van der Waals surface area contributed by atoms with Gasteiger partial charge in [0.25, 0.3) is 0 Å². The van der Waals surface area contributed by atoms with Crippen molar-refractivity contribution in [3.05, 3.63) is 35.4 Å². The van der Waals surface area contributed by atoms with Gasteiger partial charge in [-0.2, -0.15) is 0 Å². The maximum atomic E-state index is 12.4. The van der Waals surface area contributed by atoms with Gasteiger partial charge in [0, 0.05) is 52.9 Å². The molecule has 38 heavy (non-hydrogen) atoms. The molecule has 0 radical (unpaired) electrons. The lowest BCUT2D eigenvalue weighted by Gasteiger charge is -2.24. The van der Waals surface area contributed by atoms with Crippen molar-refractivity contribution >= 4 is 14.7 Å². The highest BCUT2D eigenvalue weighted by molar-refractivity contribution is 6.60. The number of nitrogens with one attached hydrogen (secondary N) is 2. The number of hydrogen-bond donors (Lipinski definition) is 2. The highest BCUT2D eigenvalue weighted by Crippen LogP contribution is 2.17. The van der Waals surface area contributed by atoms with Crippen molar-refractivity contribution in [3.8, 4) is 0 Å². The molecular formula is C31H58N2O4Si. The summed E-state index contributed by atoms with van der Waals surface area (Å²) in [6, 6.07) is 9.35. The molecule has 0 aliphatic heterocycles. The summed E-state index contributed by atoms with van der Waals surface area (Å²) in [5.41, 5.74) is 2.47. The van der Waals surface area contributed by atoms with Crippen LogP contribution >= 0.6 is 0 Å². The molecule has 220 valence electrons. The third kappa shape index (κ3) is 16.0. The highest BCUT2D eigenvalue weighted by atomic mass is 28.4. The molecule has 1 rings (SSSR count). The summed E-state index contributed by atoms with van der Waals surface area (Å²) in [7, 11) is 2.42. The van der Waals surface area contributed by atoms with Gasteiger partial charge < -0.3 is 23.9 Å². The lowest BCUT2D eigenvalue weighted by atomic mass is 10.0. The predicted octanol–water partition coefficient (Wildman–Crippen LogP) is 7.04. The minimum absolute atomic E-state index is 0.0989. The number of aryl methyl sites for hydroxylation is 1. The van der Waals surface area contributed by atoms with E-state index in [4.69, 9.17) is 13.3 Å². The van der Waals surface area contributed by atoms with E-state index < -0.39 is 8.80 Å². The van der Waals surface area contributed by atoms with Crippen molar-refractivity contribution in [2.24, 2.45) is 5.92 Å². The molecule has 0 saturated carbocycles. The van der Waals surface area contributed by atoms with E-state index in [1.165, 1.54) is 81.8 Å². The largest absolute Gasteiger partial charge is 0.500 e. The van der Waals surface area contributed by atoms with Crippen LogP contribution in [0.15, 0.2) is 24.3 Å². The normalized spacial score (nSPS) is 12.6. The predicted molar refractivity (Wildman–Crippen MR) is 161 cm³/mol. The molecule has 0 bridgehead atoms. The van der Waals surface area contributed by atoms with Gasteiger partial charge in [-0.1, -0.05) is 115 Å². The van der Waals surface area contributed by atoms with Crippen LogP contribution in [0.2, 0.25) is 6.04 Å². The van der Waals surface area contributed by atoms with E-state index in [1.807, 2.05) is 0 Å². The molecule has 0 aliphatic carbocycles. The zero-order chi connectivity index (χ0) is 27.9. The number of hydrogen-bond acceptors (Lipinski definition) is 5. The lowest BCUT2D eigenvalue weighted by Crippen LogP contribution is -2.43. The Kier molecular flexibility index (Phi) is 20.6. The van der Waals surface area contributed by atoms with Gasteiger partial charge in [0.1, 0.15) is 0 Å². The van der Waals surface area contributed by atoms with Gasteiger partial charge in [0.05, 0.1) is 0 Å². The van der Waals surface area contributed by atoms with Crippen molar-refractivity contribution in [2.45, 2.75) is 116 Å². The van der Waals surface area contributed by atoms with Crippen LogP contribution in [0.3, 0.4) is 0 Å². The van der Waals surface area contributed by atoms with Crippen molar-refractivity contribution < 1.29 is 18.1 Å². The summed E-state index contributed by atoms with van der Waals surface area (Å²) < 4.78 is 16.5. The van der Waals surface area contributed by atoms with Crippen LogP contribution in [-0.4, -0.2) is 49.1 Å². The highest BCUT2D eigenvalue weighted by Gasteiger charge is 2.37. The van der Waals surface area contributed by atoms with E-state index in [2.05, 4.69) is 48.7 Å². The van der Waals surface area contributed by atoms with Gasteiger partial charge in [0.2, 0.25) is 5.91 Å². The first kappa shape index (κ1) is 34.8. The van der Waals surface area contributed by atoms with Crippen molar-refractivity contribution in [1.82, 2.24) is 10.6 Å². The van der Waals surface area contributed by atoms with E-state index >= 15 is 0 Å². The third-order valence-electron chi connectivity index (χ3n) is 7.54. The van der Waals surface area contributed by atoms with E-state index in [9.17, 15) is 4.79 Å². The molecule has 1 atom stereocenters. The Bertz CT molecular complexity index is 689. The summed E-state index contributed by atoms with van der Waals surface area (Å²) in [4.78, 5) is 12.4. The van der Waals surface area contributed by atoms with E-state index in [0.29, 0.717) is 6.54 Å². The fourth-order valence-corrected chi connectivity index (χ4v) is 6.49. The molecule has 0 fully saturated rings. The summed E-state index contributed by atoms with van der Waals surface area (Å²) in [6.07, 6.45) is 18.1. The zero-order valence-corrected chi connectivity index (χ0v) is 26.2. The molecule has 0 heterocycles. The molecule has 6 nitrogen and oxygen atoms in total. The first-order valence-electron chi connectivity index (χ1n) is 15.2. The van der Waals surface area contributed by atoms with Gasteiger partial charge in [-0.3, -0.25) is 4.79 Å². The summed E-state index contributed by atoms with van der Waals surface area (Å²) in [5.74, 6) is 0.281. The molecule has 0 aliphatic rings. The first-order chi connectivity index (χ1) is 18.5. The summed E-state index contributed by atoms with van der Waals surface area (Å²) in [6.45, 7) is 6.55. The Labute approximate surface area is 235 Å². The zero-order valence-electron chi connectivity index (χ0n) is 25.2. The maximum Gasteiger partial charge on any atom is 0.500 e. The average Bonchev–Trinajstić information content (AvgIpc) is 2.95. The number of carbonyl (C=O) groups excluding carboxylic acids is 1. The van der Waals surface area contributed by atoms with Crippen molar-refractivity contribution in [3.63, 3.8) is 0 Å². The molecule has 2 N–H and O–H groups in total. The van der Waals surface area contributed by atoms with Gasteiger partial charge in [-0.05, 0) is 24.0 Å². The Morgan fingerprint density at radius 3 is 1.79 bits per heavy atom. The Balaban J connectivity index is 2.04. The smallest absolute Gasteiger partial charge is 0.377 e. The molecule has 0 spiro atoms. The number of unbranched alkanes of at least 4 members (excludes halogenated alkanes) is 11. The number of rotatable bonds is 25. The van der Waals surface area contributed by atoms with Gasteiger partial charge >= 0.3 is 8.80 Å². The average molecular weight is 551 g/mol. The van der Waals surface area contributed by atoms with Crippen LogP contribution in [0.1, 0.15) is 108 Å². The lowest BCUT2D eigenvalue weighted by molar-refractivity contribution is -0.124. The quantitative estimate of drug-likeness (QED) is 0.101. The Hall–Kier alpha value is -1.25. The molecule has 1 aromatic carbocycles. The van der Waals surface area contributed by atoms with Crippen LogP contribution < -0.4 is 10.6 Å². The van der Waals surface area contributed by atoms with Gasteiger partial charge in [-0.25, -0.2) is 0 Å². The topological polar surface area (TPSA) is 68.8 Å². The second-order valence-corrected chi connectivity index (χ2v) is 13.7. The van der Waals surface area contributed by atoms with E-state index in [-0.39, 0.29) is 11.8 Å². The summed E-state index contributed by atoms with van der Waals surface area (Å²) >= 11 is 0.